The average Bonchev–Trinajstić information content (AvgIpc) is 3.44. The molecule has 0 radical (unpaired) electrons. The number of nitrogens with one attached hydrogen (secondary N) is 3. The van der Waals surface area contributed by atoms with Gasteiger partial charge in [-0.1, -0.05) is 17.7 Å². The van der Waals surface area contributed by atoms with Gasteiger partial charge >= 0.3 is 25.1 Å². The quantitative estimate of drug-likeness (QED) is 0.124. The van der Waals surface area contributed by atoms with E-state index in [-0.39, 0.29) is 38.2 Å². The molecular weight excluding hydrogens is 677 g/mol. The third-order valence-electron chi connectivity index (χ3n) is 7.72. The van der Waals surface area contributed by atoms with Gasteiger partial charge in [0.1, 0.15) is 23.2 Å². The number of carbonyl (C=O) groups excluding carboxylic acids is 4. The fourth-order valence-electron chi connectivity index (χ4n) is 5.23. The predicted octanol–water partition coefficient (Wildman–Crippen LogP) is 1.18. The highest BCUT2D eigenvalue weighted by Gasteiger charge is 2.42. The monoisotopic (exact) mass is 702 g/mol. The maximum absolute atomic E-state index is 14.5. The minimum Gasteiger partial charge on any atom is -0.534 e. The van der Waals surface area contributed by atoms with E-state index < -0.39 is 94.0 Å². The number of aromatic nitrogens is 1. The van der Waals surface area contributed by atoms with Crippen molar-refractivity contribution in [3.8, 4) is 17.2 Å². The van der Waals surface area contributed by atoms with Crippen molar-refractivity contribution in [2.45, 2.75) is 18.4 Å². The third kappa shape index (κ3) is 7.12. The van der Waals surface area contributed by atoms with Gasteiger partial charge in [0.05, 0.1) is 16.5 Å². The van der Waals surface area contributed by atoms with Gasteiger partial charge in [0.2, 0.25) is 5.91 Å². The van der Waals surface area contributed by atoms with E-state index in [4.69, 9.17) is 16.3 Å². The lowest BCUT2D eigenvalue weighted by molar-refractivity contribution is -0.123. The lowest BCUT2D eigenvalue weighted by Crippen LogP contribution is -2.56. The number of nitrogens with zero attached hydrogens (tertiary/aromatic N) is 3. The van der Waals surface area contributed by atoms with E-state index in [9.17, 15) is 53.1 Å². The van der Waals surface area contributed by atoms with Crippen molar-refractivity contribution >= 4 is 48.6 Å². The highest BCUT2D eigenvalue weighted by atomic mass is 35.5. The van der Waals surface area contributed by atoms with Gasteiger partial charge in [0.25, 0.3) is 5.91 Å². The van der Waals surface area contributed by atoms with Crippen LogP contribution >= 0.6 is 11.6 Å². The standard InChI is InChI=1S/C29H26BClF2N6O10/c31-20-15(11-17(33)22(40)23(20)41)21(26(43)36-18-10-13-3-4-16(32)19(27(44)45)24(13)49-30(18)48)37-28(46)39-9-8-38(29(39)47)7-6-35-25(42)14-2-1-5-34-12-14/h1-5,11-12,18,21,40-41,48H,6-10H2,(H,35,42)(H,36,43)(H,37,46)(H,44,45)/t18-,21?/m0/s1. The lowest BCUT2D eigenvalue weighted by Gasteiger charge is -2.31. The molecule has 0 bridgehead atoms. The number of carbonyl (C=O) groups is 5. The van der Waals surface area contributed by atoms with Gasteiger partial charge in [0.15, 0.2) is 17.3 Å². The van der Waals surface area contributed by atoms with E-state index in [1.165, 1.54) is 23.4 Å². The molecule has 256 valence electrons. The first-order chi connectivity index (χ1) is 23.3. The van der Waals surface area contributed by atoms with Gasteiger partial charge in [-0.05, 0) is 36.2 Å². The van der Waals surface area contributed by atoms with Crippen molar-refractivity contribution in [2.24, 2.45) is 0 Å². The van der Waals surface area contributed by atoms with Crippen LogP contribution in [0.1, 0.15) is 37.9 Å². The average molecular weight is 703 g/mol. The minimum absolute atomic E-state index is 0.00986. The van der Waals surface area contributed by atoms with Crippen LogP contribution in [0, 0.1) is 11.6 Å². The van der Waals surface area contributed by atoms with Crippen molar-refractivity contribution in [2.75, 3.05) is 26.2 Å². The number of hydrogen-bond donors (Lipinski definition) is 7. The maximum atomic E-state index is 14.5. The predicted molar refractivity (Wildman–Crippen MR) is 164 cm³/mol. The van der Waals surface area contributed by atoms with E-state index in [0.29, 0.717) is 11.6 Å². The number of rotatable bonds is 9. The molecule has 3 heterocycles. The van der Waals surface area contributed by atoms with Gasteiger partial charge in [-0.3, -0.25) is 14.6 Å². The number of phenols is 2. The number of carboxylic acids is 1. The first-order valence-corrected chi connectivity index (χ1v) is 14.8. The van der Waals surface area contributed by atoms with Crippen LogP contribution in [-0.2, 0) is 11.2 Å². The molecule has 1 saturated heterocycles. The summed E-state index contributed by atoms with van der Waals surface area (Å²) < 4.78 is 33.9. The summed E-state index contributed by atoms with van der Waals surface area (Å²) in [5.41, 5.74) is -0.996. The molecule has 2 atom stereocenters. The van der Waals surface area contributed by atoms with Gasteiger partial charge in [-0.15, -0.1) is 0 Å². The van der Waals surface area contributed by atoms with E-state index in [1.807, 2.05) is 0 Å². The lowest BCUT2D eigenvalue weighted by atomic mass is 9.72. The topological polar surface area (TPSA) is 231 Å². The Hall–Kier alpha value is -5.69. The Labute approximate surface area is 280 Å². The van der Waals surface area contributed by atoms with Crippen molar-refractivity contribution in [3.05, 3.63) is 81.6 Å². The number of hydrogen-bond acceptors (Lipinski definition) is 10. The number of urea groups is 2. The molecule has 7 N–H and O–H groups in total. The Balaban J connectivity index is 1.32. The summed E-state index contributed by atoms with van der Waals surface area (Å²) in [6.07, 6.45) is 2.57. The van der Waals surface area contributed by atoms with E-state index in [0.717, 1.165) is 11.0 Å². The van der Waals surface area contributed by atoms with Crippen molar-refractivity contribution in [1.82, 2.24) is 30.7 Å². The Morgan fingerprint density at radius 1 is 1.12 bits per heavy atom. The highest BCUT2D eigenvalue weighted by Crippen LogP contribution is 2.40. The number of carboxylic acid groups (broad SMARTS) is 1. The highest BCUT2D eigenvalue weighted by molar-refractivity contribution is 6.47. The Morgan fingerprint density at radius 2 is 1.88 bits per heavy atom. The van der Waals surface area contributed by atoms with Crippen LogP contribution in [0.25, 0.3) is 0 Å². The van der Waals surface area contributed by atoms with Crippen LogP contribution in [0.4, 0.5) is 18.4 Å². The molecule has 3 aromatic rings. The second kappa shape index (κ2) is 14.2. The Kier molecular flexibility index (Phi) is 10.0. The first-order valence-electron chi connectivity index (χ1n) is 14.4. The zero-order valence-corrected chi connectivity index (χ0v) is 25.8. The molecule has 0 aliphatic carbocycles. The number of pyridine rings is 1. The Bertz CT molecular complexity index is 1840. The normalized spacial score (nSPS) is 16.0. The second-order valence-electron chi connectivity index (χ2n) is 10.8. The molecule has 0 spiro atoms. The molecule has 6 amide bonds. The molecular formula is C29H26BClF2N6O10. The van der Waals surface area contributed by atoms with E-state index in [1.54, 1.807) is 12.1 Å². The minimum atomic E-state index is -1.96. The molecule has 1 aromatic heterocycles. The molecule has 1 fully saturated rings. The molecule has 0 saturated carbocycles. The van der Waals surface area contributed by atoms with Crippen molar-refractivity contribution in [3.63, 3.8) is 0 Å². The molecule has 20 heteroatoms. The summed E-state index contributed by atoms with van der Waals surface area (Å²) in [6.45, 7) is -0.0782. The molecule has 2 aliphatic rings. The molecule has 2 aromatic carbocycles. The summed E-state index contributed by atoms with van der Waals surface area (Å²) >= 11 is 6.13. The van der Waals surface area contributed by atoms with Crippen molar-refractivity contribution in [1.29, 1.82) is 0 Å². The number of aromatic hydroxyl groups is 2. The number of halogens is 3. The van der Waals surface area contributed by atoms with Crippen molar-refractivity contribution < 1.29 is 57.8 Å². The van der Waals surface area contributed by atoms with Crippen LogP contribution in [0.3, 0.4) is 0 Å². The van der Waals surface area contributed by atoms with Gasteiger partial charge in [0, 0.05) is 44.1 Å². The number of benzene rings is 2. The second-order valence-corrected chi connectivity index (χ2v) is 11.2. The summed E-state index contributed by atoms with van der Waals surface area (Å²) in [5.74, 6) is -10.0. The molecule has 5 rings (SSSR count). The largest absolute Gasteiger partial charge is 0.547 e. The maximum Gasteiger partial charge on any atom is 0.547 e. The SMILES string of the molecule is O=C(NCCN1CCN(C(=O)NC(C(=O)N[C@H]2Cc3ccc(F)c(C(=O)O)c3OB2O)c2cc(F)c(O)c(O)c2Cl)C1=O)c1cccnc1. The molecule has 1 unspecified atom stereocenters. The van der Waals surface area contributed by atoms with Gasteiger partial charge in [-0.25, -0.2) is 28.1 Å². The summed E-state index contributed by atoms with van der Waals surface area (Å²) in [5, 5.41) is 46.4. The van der Waals surface area contributed by atoms with Gasteiger partial charge < -0.3 is 45.8 Å². The van der Waals surface area contributed by atoms with Crippen LogP contribution in [0.5, 0.6) is 17.2 Å². The summed E-state index contributed by atoms with van der Waals surface area (Å²) in [4.78, 5) is 69.7. The van der Waals surface area contributed by atoms with Crippen LogP contribution in [0.2, 0.25) is 5.02 Å². The van der Waals surface area contributed by atoms with E-state index >= 15 is 0 Å². The van der Waals surface area contributed by atoms with Crippen LogP contribution in [0.15, 0.2) is 42.7 Å². The van der Waals surface area contributed by atoms with Crippen LogP contribution < -0.4 is 20.6 Å². The number of amides is 6. The van der Waals surface area contributed by atoms with E-state index in [2.05, 4.69) is 20.9 Å². The molecule has 16 nitrogen and oxygen atoms in total. The zero-order chi connectivity index (χ0) is 35.6. The number of phenolic OH excluding ortho intramolecular Hbond substituents is 2. The number of imide groups is 1. The molecule has 2 aliphatic heterocycles. The fourth-order valence-corrected chi connectivity index (χ4v) is 5.48. The number of aromatic carboxylic acids is 1. The third-order valence-corrected chi connectivity index (χ3v) is 8.12. The fraction of sp³-hybridized carbons (Fsp3) is 0.241. The van der Waals surface area contributed by atoms with Crippen LogP contribution in [-0.4, -0.2) is 104 Å². The first kappa shape index (κ1) is 34.6. The summed E-state index contributed by atoms with van der Waals surface area (Å²) in [7, 11) is -1.93. The zero-order valence-electron chi connectivity index (χ0n) is 25.0. The smallest absolute Gasteiger partial charge is 0.534 e. The molecule has 49 heavy (non-hydrogen) atoms. The summed E-state index contributed by atoms with van der Waals surface area (Å²) in [6, 6.07) is 1.82. The number of fused-ring (bicyclic) bond motifs is 1. The van der Waals surface area contributed by atoms with Gasteiger partial charge in [-0.2, -0.15) is 0 Å². The Morgan fingerprint density at radius 3 is 2.57 bits per heavy atom.